The third-order valence-corrected chi connectivity index (χ3v) is 6.17. The number of aromatic nitrogens is 2. The first-order valence-electron chi connectivity index (χ1n) is 9.02. The standard InChI is InChI=1S/C20H18F3N3OS/c1-12-3-2-4-15(24-12)19(27)26-9-7-13(8-10-26)18-25-16-11-14(20(21,22)23)5-6-17(16)28-18/h2-6,11,13H,7-10H2,1H3. The van der Waals surface area contributed by atoms with E-state index < -0.39 is 11.7 Å². The molecule has 1 aromatic carbocycles. The van der Waals surface area contributed by atoms with Gasteiger partial charge in [-0.3, -0.25) is 4.79 Å². The highest BCUT2D eigenvalue weighted by molar-refractivity contribution is 7.18. The first-order chi connectivity index (χ1) is 13.3. The van der Waals surface area contributed by atoms with Gasteiger partial charge in [0.2, 0.25) is 0 Å². The summed E-state index contributed by atoms with van der Waals surface area (Å²) in [5.74, 6) is 0.0718. The molecule has 8 heteroatoms. The number of pyridine rings is 1. The maximum atomic E-state index is 12.9. The van der Waals surface area contributed by atoms with Crippen LogP contribution in [0, 0.1) is 6.92 Å². The zero-order valence-corrected chi connectivity index (χ0v) is 16.0. The summed E-state index contributed by atoms with van der Waals surface area (Å²) in [6, 6.07) is 9.07. The topological polar surface area (TPSA) is 46.1 Å². The lowest BCUT2D eigenvalue weighted by atomic mass is 9.97. The van der Waals surface area contributed by atoms with Gasteiger partial charge in [0.05, 0.1) is 20.8 Å². The lowest BCUT2D eigenvalue weighted by Gasteiger charge is -2.30. The number of carbonyl (C=O) groups excluding carboxylic acids is 1. The van der Waals surface area contributed by atoms with Gasteiger partial charge in [-0.1, -0.05) is 6.07 Å². The fourth-order valence-electron chi connectivity index (χ4n) is 3.45. The van der Waals surface area contributed by atoms with Gasteiger partial charge < -0.3 is 4.90 Å². The molecule has 3 heterocycles. The molecule has 0 radical (unpaired) electrons. The van der Waals surface area contributed by atoms with Crippen LogP contribution >= 0.6 is 11.3 Å². The lowest BCUT2D eigenvalue weighted by molar-refractivity contribution is -0.137. The molecule has 4 nitrogen and oxygen atoms in total. The van der Waals surface area contributed by atoms with E-state index in [1.54, 1.807) is 11.0 Å². The van der Waals surface area contributed by atoms with E-state index in [9.17, 15) is 18.0 Å². The predicted octanol–water partition coefficient (Wildman–Crippen LogP) is 5.04. The van der Waals surface area contributed by atoms with Crippen LogP contribution in [0.3, 0.4) is 0 Å². The Hall–Kier alpha value is -2.48. The Labute approximate surface area is 164 Å². The number of amides is 1. The van der Waals surface area contributed by atoms with Gasteiger partial charge in [0.25, 0.3) is 5.91 Å². The van der Waals surface area contributed by atoms with Crippen molar-refractivity contribution < 1.29 is 18.0 Å². The minimum atomic E-state index is -4.37. The monoisotopic (exact) mass is 405 g/mol. The number of likely N-dealkylation sites (tertiary alicyclic amines) is 1. The summed E-state index contributed by atoms with van der Waals surface area (Å²) in [6.45, 7) is 3.02. The minimum absolute atomic E-state index is 0.0822. The van der Waals surface area contributed by atoms with Gasteiger partial charge in [-0.2, -0.15) is 13.2 Å². The maximum Gasteiger partial charge on any atom is 0.416 e. The number of nitrogens with zero attached hydrogens (tertiary/aromatic N) is 3. The fourth-order valence-corrected chi connectivity index (χ4v) is 4.57. The van der Waals surface area contributed by atoms with E-state index in [-0.39, 0.29) is 11.8 Å². The van der Waals surface area contributed by atoms with Gasteiger partial charge in [-0.05, 0) is 50.1 Å². The lowest BCUT2D eigenvalue weighted by Crippen LogP contribution is -2.38. The number of carbonyl (C=O) groups is 1. The number of hydrogen-bond acceptors (Lipinski definition) is 4. The van der Waals surface area contributed by atoms with Crippen LogP contribution in [0.2, 0.25) is 0 Å². The molecule has 1 amide bonds. The minimum Gasteiger partial charge on any atom is -0.337 e. The molecule has 0 saturated carbocycles. The van der Waals surface area contributed by atoms with Crippen LogP contribution in [0.5, 0.6) is 0 Å². The highest BCUT2D eigenvalue weighted by Crippen LogP contribution is 2.37. The van der Waals surface area contributed by atoms with Crippen molar-refractivity contribution in [3.05, 3.63) is 58.4 Å². The average molecular weight is 405 g/mol. The molecule has 0 N–H and O–H groups in total. The van der Waals surface area contributed by atoms with E-state index in [0.717, 1.165) is 40.4 Å². The Morgan fingerprint density at radius 1 is 1.14 bits per heavy atom. The van der Waals surface area contributed by atoms with Gasteiger partial charge in [-0.15, -0.1) is 11.3 Å². The molecule has 1 fully saturated rings. The molecule has 0 bridgehead atoms. The van der Waals surface area contributed by atoms with E-state index in [4.69, 9.17) is 0 Å². The summed E-state index contributed by atoms with van der Waals surface area (Å²) in [5.41, 5.74) is 0.951. The molecule has 1 aliphatic heterocycles. The molecule has 146 valence electrons. The molecular formula is C20H18F3N3OS. The van der Waals surface area contributed by atoms with Crippen molar-refractivity contribution in [3.63, 3.8) is 0 Å². The number of fused-ring (bicyclic) bond motifs is 1. The van der Waals surface area contributed by atoms with E-state index in [2.05, 4.69) is 9.97 Å². The van der Waals surface area contributed by atoms with E-state index in [1.165, 1.54) is 17.4 Å². The highest BCUT2D eigenvalue weighted by Gasteiger charge is 2.31. The van der Waals surface area contributed by atoms with E-state index in [1.807, 2.05) is 19.1 Å². The smallest absolute Gasteiger partial charge is 0.337 e. The summed E-state index contributed by atoms with van der Waals surface area (Å²) >= 11 is 1.44. The number of aryl methyl sites for hydroxylation is 1. The Kier molecular flexibility index (Phi) is 4.82. The molecule has 28 heavy (non-hydrogen) atoms. The SMILES string of the molecule is Cc1cccc(C(=O)N2CCC(c3nc4cc(C(F)(F)F)ccc4s3)CC2)n1. The first-order valence-corrected chi connectivity index (χ1v) is 9.83. The maximum absolute atomic E-state index is 12.9. The quantitative estimate of drug-likeness (QED) is 0.600. The second kappa shape index (κ2) is 7.16. The number of benzene rings is 1. The summed E-state index contributed by atoms with van der Waals surface area (Å²) < 4.78 is 39.4. The number of rotatable bonds is 2. The third-order valence-electron chi connectivity index (χ3n) is 4.97. The van der Waals surface area contributed by atoms with Crippen LogP contribution in [0.15, 0.2) is 36.4 Å². The third kappa shape index (κ3) is 3.73. The van der Waals surface area contributed by atoms with Crippen molar-refractivity contribution in [1.29, 1.82) is 0 Å². The number of thiazole rings is 1. The Balaban J connectivity index is 1.47. The molecule has 1 aliphatic rings. The van der Waals surface area contributed by atoms with E-state index >= 15 is 0 Å². The molecular weight excluding hydrogens is 387 g/mol. The molecule has 3 aromatic rings. The van der Waals surface area contributed by atoms with Gasteiger partial charge in [-0.25, -0.2) is 9.97 Å². The molecule has 0 atom stereocenters. The van der Waals surface area contributed by atoms with Crippen LogP contribution in [0.4, 0.5) is 13.2 Å². The Bertz CT molecular complexity index is 1020. The molecule has 1 saturated heterocycles. The van der Waals surface area contributed by atoms with Gasteiger partial charge >= 0.3 is 6.18 Å². The van der Waals surface area contributed by atoms with Crippen LogP contribution in [0.25, 0.3) is 10.2 Å². The van der Waals surface area contributed by atoms with Crippen molar-refractivity contribution in [2.24, 2.45) is 0 Å². The Morgan fingerprint density at radius 2 is 1.89 bits per heavy atom. The zero-order chi connectivity index (χ0) is 19.9. The fraction of sp³-hybridized carbons (Fsp3) is 0.350. The van der Waals surface area contributed by atoms with Crippen LogP contribution in [-0.2, 0) is 6.18 Å². The molecule has 4 rings (SSSR count). The first kappa shape index (κ1) is 18.9. The van der Waals surface area contributed by atoms with Crippen molar-refractivity contribution in [2.45, 2.75) is 31.9 Å². The van der Waals surface area contributed by atoms with Crippen LogP contribution < -0.4 is 0 Å². The largest absolute Gasteiger partial charge is 0.416 e. The molecule has 0 aliphatic carbocycles. The molecule has 0 unspecified atom stereocenters. The zero-order valence-electron chi connectivity index (χ0n) is 15.2. The van der Waals surface area contributed by atoms with Gasteiger partial charge in [0.1, 0.15) is 5.69 Å². The Morgan fingerprint density at radius 3 is 2.57 bits per heavy atom. The average Bonchev–Trinajstić information content (AvgIpc) is 3.10. The number of halogens is 3. The summed E-state index contributed by atoms with van der Waals surface area (Å²) in [5, 5.41) is 0.843. The molecule has 2 aromatic heterocycles. The second-order valence-electron chi connectivity index (χ2n) is 6.96. The van der Waals surface area contributed by atoms with Gasteiger partial charge in [0.15, 0.2) is 0 Å². The normalized spacial score (nSPS) is 15.9. The highest BCUT2D eigenvalue weighted by atomic mass is 32.1. The summed E-state index contributed by atoms with van der Waals surface area (Å²) in [4.78, 5) is 23.1. The van der Waals surface area contributed by atoms with Crippen molar-refractivity contribution in [2.75, 3.05) is 13.1 Å². The number of piperidine rings is 1. The summed E-state index contributed by atoms with van der Waals surface area (Å²) in [7, 11) is 0. The van der Waals surface area contributed by atoms with Crippen LogP contribution in [-0.4, -0.2) is 33.9 Å². The molecule has 0 spiro atoms. The van der Waals surface area contributed by atoms with Crippen LogP contribution in [0.1, 0.15) is 45.5 Å². The summed E-state index contributed by atoms with van der Waals surface area (Å²) in [6.07, 6.45) is -2.89. The second-order valence-corrected chi connectivity index (χ2v) is 8.03. The van der Waals surface area contributed by atoms with Crippen molar-refractivity contribution in [3.8, 4) is 0 Å². The van der Waals surface area contributed by atoms with E-state index in [0.29, 0.717) is 24.3 Å². The predicted molar refractivity (Wildman–Crippen MR) is 101 cm³/mol. The van der Waals surface area contributed by atoms with Crippen molar-refractivity contribution >= 4 is 27.5 Å². The number of alkyl halides is 3. The van der Waals surface area contributed by atoms with Gasteiger partial charge in [0, 0.05) is 24.7 Å². The van der Waals surface area contributed by atoms with Crippen molar-refractivity contribution in [1.82, 2.24) is 14.9 Å². The number of hydrogen-bond donors (Lipinski definition) is 0.